The molecule has 0 radical (unpaired) electrons. The summed E-state index contributed by atoms with van der Waals surface area (Å²) in [6, 6.07) is 4.14. The van der Waals surface area contributed by atoms with E-state index in [1.54, 1.807) is 0 Å². The number of fused-ring (bicyclic) bond motifs is 1. The normalized spacial score (nSPS) is 11.6. The van der Waals surface area contributed by atoms with Crippen LogP contribution in [-0.2, 0) is 6.42 Å². The Balaban J connectivity index is 0.00000288. The van der Waals surface area contributed by atoms with Gasteiger partial charge in [0.2, 0.25) is 0 Å². The second-order valence-electron chi connectivity index (χ2n) is 6.27. The summed E-state index contributed by atoms with van der Waals surface area (Å²) in [4.78, 5) is 9.31. The number of hydrogen-bond acceptors (Lipinski definition) is 2. The highest BCUT2D eigenvalue weighted by Gasteiger charge is 2.04. The van der Waals surface area contributed by atoms with Crippen LogP contribution in [0.15, 0.2) is 29.5 Å². The van der Waals surface area contributed by atoms with Crippen LogP contribution in [-0.4, -0.2) is 35.0 Å². The summed E-state index contributed by atoms with van der Waals surface area (Å²) >= 11 is 0. The van der Waals surface area contributed by atoms with Crippen molar-refractivity contribution in [2.24, 2.45) is 10.9 Å². The Bertz CT molecular complexity index is 648. The predicted molar refractivity (Wildman–Crippen MR) is 112 cm³/mol. The molecule has 0 amide bonds. The highest BCUT2D eigenvalue weighted by atomic mass is 127. The number of nitrogens with zero attached hydrogens (tertiary/aromatic N) is 3. The number of guanidine groups is 1. The number of aromatic nitrogens is 2. The SMILES string of the molecule is CCNC(=NCCC(C)C)NCCc1cn2cccc(C)c2n1.I. The molecule has 0 spiro atoms. The molecule has 0 aliphatic heterocycles. The Morgan fingerprint density at radius 2 is 2.12 bits per heavy atom. The van der Waals surface area contributed by atoms with E-state index in [1.807, 2.05) is 6.20 Å². The van der Waals surface area contributed by atoms with Crippen LogP contribution < -0.4 is 10.6 Å². The summed E-state index contributed by atoms with van der Waals surface area (Å²) < 4.78 is 2.09. The molecule has 2 aromatic heterocycles. The maximum Gasteiger partial charge on any atom is 0.191 e. The molecule has 6 heteroatoms. The van der Waals surface area contributed by atoms with E-state index >= 15 is 0 Å². The predicted octanol–water partition coefficient (Wildman–Crippen LogP) is 3.40. The zero-order chi connectivity index (χ0) is 16.7. The van der Waals surface area contributed by atoms with Gasteiger partial charge in [-0.15, -0.1) is 24.0 Å². The van der Waals surface area contributed by atoms with Crippen molar-refractivity contribution in [3.8, 4) is 0 Å². The molecule has 2 aromatic rings. The fourth-order valence-electron chi connectivity index (χ4n) is 2.41. The largest absolute Gasteiger partial charge is 0.357 e. The molecule has 0 atom stereocenters. The van der Waals surface area contributed by atoms with E-state index in [4.69, 9.17) is 4.98 Å². The smallest absolute Gasteiger partial charge is 0.191 e. The Morgan fingerprint density at radius 3 is 2.79 bits per heavy atom. The summed E-state index contributed by atoms with van der Waals surface area (Å²) in [5.74, 6) is 1.58. The second-order valence-corrected chi connectivity index (χ2v) is 6.27. The molecule has 134 valence electrons. The van der Waals surface area contributed by atoms with Crippen LogP contribution in [0.2, 0.25) is 0 Å². The summed E-state index contributed by atoms with van der Waals surface area (Å²) in [5, 5.41) is 6.68. The van der Waals surface area contributed by atoms with Gasteiger partial charge in [-0.1, -0.05) is 19.9 Å². The van der Waals surface area contributed by atoms with Gasteiger partial charge in [-0.2, -0.15) is 0 Å². The molecule has 2 rings (SSSR count). The van der Waals surface area contributed by atoms with Gasteiger partial charge in [0.15, 0.2) is 5.96 Å². The van der Waals surface area contributed by atoms with Crippen molar-refractivity contribution in [1.29, 1.82) is 0 Å². The van der Waals surface area contributed by atoms with Crippen LogP contribution in [0.4, 0.5) is 0 Å². The second kappa shape index (κ2) is 10.5. The molecule has 0 fully saturated rings. The molecule has 0 saturated carbocycles. The van der Waals surface area contributed by atoms with Gasteiger partial charge in [0.1, 0.15) is 5.65 Å². The summed E-state index contributed by atoms with van der Waals surface area (Å²) in [7, 11) is 0. The summed E-state index contributed by atoms with van der Waals surface area (Å²) in [6.45, 7) is 11.2. The van der Waals surface area contributed by atoms with Crippen molar-refractivity contribution >= 4 is 35.6 Å². The van der Waals surface area contributed by atoms with E-state index in [0.717, 1.165) is 49.8 Å². The Hall–Kier alpha value is -1.31. The Kier molecular flexibility index (Phi) is 9.10. The molecule has 0 aromatic carbocycles. The summed E-state index contributed by atoms with van der Waals surface area (Å²) in [5.41, 5.74) is 3.35. The average molecular weight is 443 g/mol. The lowest BCUT2D eigenvalue weighted by molar-refractivity contribution is 0.594. The standard InChI is InChI=1S/C18H29N5.HI/c1-5-19-18(20-10-8-14(2)3)21-11-9-16-13-23-12-6-7-15(4)17(23)22-16;/h6-7,12-14H,5,8-11H2,1-4H3,(H2,19,20,21);1H. The van der Waals surface area contributed by atoms with E-state index in [2.05, 4.69) is 66.1 Å². The molecular formula is C18H30IN5. The van der Waals surface area contributed by atoms with E-state index in [0.29, 0.717) is 5.92 Å². The van der Waals surface area contributed by atoms with Crippen molar-refractivity contribution in [3.05, 3.63) is 35.8 Å². The zero-order valence-electron chi connectivity index (χ0n) is 15.2. The molecule has 2 N–H and O–H groups in total. The van der Waals surface area contributed by atoms with Gasteiger partial charge in [0.25, 0.3) is 0 Å². The number of halogens is 1. The van der Waals surface area contributed by atoms with Gasteiger partial charge in [-0.25, -0.2) is 4.98 Å². The first-order chi connectivity index (χ1) is 11.1. The Morgan fingerprint density at radius 1 is 1.33 bits per heavy atom. The number of imidazole rings is 1. The van der Waals surface area contributed by atoms with E-state index in [1.165, 1.54) is 5.56 Å². The lowest BCUT2D eigenvalue weighted by Crippen LogP contribution is -2.38. The Labute approximate surface area is 162 Å². The number of aryl methyl sites for hydroxylation is 1. The van der Waals surface area contributed by atoms with E-state index in [9.17, 15) is 0 Å². The van der Waals surface area contributed by atoms with Crippen LogP contribution in [0.5, 0.6) is 0 Å². The number of nitrogens with one attached hydrogen (secondary N) is 2. The van der Waals surface area contributed by atoms with Gasteiger partial charge in [0.05, 0.1) is 5.69 Å². The first-order valence-electron chi connectivity index (χ1n) is 8.55. The minimum Gasteiger partial charge on any atom is -0.357 e. The highest BCUT2D eigenvalue weighted by Crippen LogP contribution is 2.09. The first-order valence-corrected chi connectivity index (χ1v) is 8.55. The number of hydrogen-bond donors (Lipinski definition) is 2. The van der Waals surface area contributed by atoms with Crippen molar-refractivity contribution in [2.45, 2.75) is 40.5 Å². The topological polar surface area (TPSA) is 53.7 Å². The molecule has 2 heterocycles. The van der Waals surface area contributed by atoms with Crippen LogP contribution in [0.3, 0.4) is 0 Å². The van der Waals surface area contributed by atoms with Crippen LogP contribution >= 0.6 is 24.0 Å². The molecule has 0 saturated heterocycles. The first kappa shape index (κ1) is 20.7. The molecule has 0 unspecified atom stereocenters. The van der Waals surface area contributed by atoms with Gasteiger partial charge in [-0.05, 0) is 37.8 Å². The average Bonchev–Trinajstić information content (AvgIpc) is 2.91. The molecule has 24 heavy (non-hydrogen) atoms. The van der Waals surface area contributed by atoms with E-state index < -0.39 is 0 Å². The van der Waals surface area contributed by atoms with Crippen molar-refractivity contribution < 1.29 is 0 Å². The van der Waals surface area contributed by atoms with Crippen molar-refractivity contribution in [2.75, 3.05) is 19.6 Å². The minimum absolute atomic E-state index is 0. The maximum atomic E-state index is 4.70. The van der Waals surface area contributed by atoms with Gasteiger partial charge in [0, 0.05) is 38.4 Å². The van der Waals surface area contributed by atoms with Crippen LogP contribution in [0.25, 0.3) is 5.65 Å². The fourth-order valence-corrected chi connectivity index (χ4v) is 2.41. The van der Waals surface area contributed by atoms with Gasteiger partial charge < -0.3 is 15.0 Å². The third-order valence-corrected chi connectivity index (χ3v) is 3.72. The van der Waals surface area contributed by atoms with E-state index in [-0.39, 0.29) is 24.0 Å². The molecular weight excluding hydrogens is 413 g/mol. The fraction of sp³-hybridized carbons (Fsp3) is 0.556. The number of aliphatic imine (C=N–C) groups is 1. The van der Waals surface area contributed by atoms with Gasteiger partial charge >= 0.3 is 0 Å². The van der Waals surface area contributed by atoms with Crippen molar-refractivity contribution in [3.63, 3.8) is 0 Å². The molecule has 5 nitrogen and oxygen atoms in total. The quantitative estimate of drug-likeness (QED) is 0.392. The lowest BCUT2D eigenvalue weighted by Gasteiger charge is -2.11. The number of rotatable bonds is 7. The molecule has 0 bridgehead atoms. The molecule has 0 aliphatic carbocycles. The zero-order valence-corrected chi connectivity index (χ0v) is 17.5. The highest BCUT2D eigenvalue weighted by molar-refractivity contribution is 14.0. The summed E-state index contributed by atoms with van der Waals surface area (Å²) in [6.07, 6.45) is 6.15. The molecule has 0 aliphatic rings. The third kappa shape index (κ3) is 6.30. The van der Waals surface area contributed by atoms with Crippen LogP contribution in [0, 0.1) is 12.8 Å². The maximum absolute atomic E-state index is 4.70. The van der Waals surface area contributed by atoms with Crippen molar-refractivity contribution in [1.82, 2.24) is 20.0 Å². The minimum atomic E-state index is 0. The monoisotopic (exact) mass is 443 g/mol. The lowest BCUT2D eigenvalue weighted by atomic mass is 10.1. The van der Waals surface area contributed by atoms with Gasteiger partial charge in [-0.3, -0.25) is 4.99 Å². The van der Waals surface area contributed by atoms with Crippen LogP contribution in [0.1, 0.15) is 38.4 Å². The third-order valence-electron chi connectivity index (χ3n) is 3.72. The number of pyridine rings is 1.